The molecule has 8 nitrogen and oxygen atoms in total. The molecule has 9 heteroatoms. The Kier molecular flexibility index (Phi) is 9.69. The molecule has 0 aromatic heterocycles. The van der Waals surface area contributed by atoms with Crippen molar-refractivity contribution < 1.29 is 17.9 Å². The standard InChI is InChI=1S/C19H32N4O4S/c1-2-21-19(22-9-4-10-27-15-16-7-11-26-12-8-16)23-14-17-5-3-6-18(13-17)28(20,24)25/h3,5-6,13,16H,2,4,7-12,14-15H2,1H3,(H2,20,24,25)(H2,21,22,23). The summed E-state index contributed by atoms with van der Waals surface area (Å²) in [6.45, 7) is 7.05. The number of nitrogens with one attached hydrogen (secondary N) is 2. The van der Waals surface area contributed by atoms with E-state index in [4.69, 9.17) is 14.6 Å². The van der Waals surface area contributed by atoms with Gasteiger partial charge >= 0.3 is 0 Å². The summed E-state index contributed by atoms with van der Waals surface area (Å²) in [5.74, 6) is 1.31. The van der Waals surface area contributed by atoms with Gasteiger partial charge in [0.1, 0.15) is 0 Å². The van der Waals surface area contributed by atoms with E-state index in [1.165, 1.54) is 6.07 Å². The van der Waals surface area contributed by atoms with Crippen molar-refractivity contribution in [2.75, 3.05) is 39.5 Å². The van der Waals surface area contributed by atoms with E-state index < -0.39 is 10.0 Å². The van der Waals surface area contributed by atoms with Crippen molar-refractivity contribution in [3.05, 3.63) is 29.8 Å². The lowest BCUT2D eigenvalue weighted by atomic mass is 10.0. The fourth-order valence-corrected chi connectivity index (χ4v) is 3.46. The molecule has 0 radical (unpaired) electrons. The minimum atomic E-state index is -3.71. The van der Waals surface area contributed by atoms with Crippen molar-refractivity contribution in [1.29, 1.82) is 0 Å². The van der Waals surface area contributed by atoms with Crippen LogP contribution in [-0.2, 0) is 26.0 Å². The van der Waals surface area contributed by atoms with Gasteiger partial charge in [0.25, 0.3) is 0 Å². The van der Waals surface area contributed by atoms with E-state index in [1.807, 2.05) is 13.0 Å². The lowest BCUT2D eigenvalue weighted by molar-refractivity contribution is 0.0203. The Morgan fingerprint density at radius 1 is 1.32 bits per heavy atom. The lowest BCUT2D eigenvalue weighted by Gasteiger charge is -2.21. The summed E-state index contributed by atoms with van der Waals surface area (Å²) in [5, 5.41) is 11.6. The molecule has 4 N–H and O–H groups in total. The maximum Gasteiger partial charge on any atom is 0.238 e. The van der Waals surface area contributed by atoms with Crippen molar-refractivity contribution >= 4 is 16.0 Å². The zero-order valence-electron chi connectivity index (χ0n) is 16.5. The Bertz CT molecular complexity index is 718. The number of sulfonamides is 1. The molecule has 0 amide bonds. The molecule has 2 rings (SSSR count). The second-order valence-corrected chi connectivity index (χ2v) is 8.36. The van der Waals surface area contributed by atoms with Gasteiger partial charge in [0.05, 0.1) is 11.4 Å². The number of ether oxygens (including phenoxy) is 2. The first kappa shape index (κ1) is 22.6. The molecule has 0 saturated carbocycles. The van der Waals surface area contributed by atoms with E-state index in [-0.39, 0.29) is 4.90 Å². The van der Waals surface area contributed by atoms with Crippen LogP contribution in [0.25, 0.3) is 0 Å². The summed E-state index contributed by atoms with van der Waals surface area (Å²) in [7, 11) is -3.71. The number of hydrogen-bond acceptors (Lipinski definition) is 5. The van der Waals surface area contributed by atoms with Gasteiger partial charge in [-0.3, -0.25) is 0 Å². The smallest absolute Gasteiger partial charge is 0.238 e. The Labute approximate surface area is 167 Å². The van der Waals surface area contributed by atoms with Gasteiger partial charge in [0, 0.05) is 39.5 Å². The third-order valence-corrected chi connectivity index (χ3v) is 5.35. The van der Waals surface area contributed by atoms with E-state index in [2.05, 4.69) is 15.6 Å². The highest BCUT2D eigenvalue weighted by Gasteiger charge is 2.13. The maximum atomic E-state index is 11.5. The molecule has 0 bridgehead atoms. The average Bonchev–Trinajstić information content (AvgIpc) is 2.69. The highest BCUT2D eigenvalue weighted by atomic mass is 32.2. The van der Waals surface area contributed by atoms with Gasteiger partial charge in [0.15, 0.2) is 5.96 Å². The Balaban J connectivity index is 1.73. The minimum Gasteiger partial charge on any atom is -0.381 e. The fourth-order valence-electron chi connectivity index (χ4n) is 2.88. The molecule has 158 valence electrons. The summed E-state index contributed by atoms with van der Waals surface area (Å²) >= 11 is 0. The largest absolute Gasteiger partial charge is 0.381 e. The summed E-state index contributed by atoms with van der Waals surface area (Å²) < 4.78 is 34.0. The highest BCUT2D eigenvalue weighted by Crippen LogP contribution is 2.14. The van der Waals surface area contributed by atoms with Crippen molar-refractivity contribution in [1.82, 2.24) is 10.6 Å². The van der Waals surface area contributed by atoms with E-state index in [0.717, 1.165) is 57.7 Å². The predicted octanol–water partition coefficient (Wildman–Crippen LogP) is 1.22. The average molecular weight is 413 g/mol. The van der Waals surface area contributed by atoms with Crippen LogP contribution >= 0.6 is 0 Å². The number of aliphatic imine (C=N–C) groups is 1. The van der Waals surface area contributed by atoms with Gasteiger partial charge in [-0.05, 0) is 49.8 Å². The van der Waals surface area contributed by atoms with Crippen LogP contribution in [0.3, 0.4) is 0 Å². The zero-order valence-corrected chi connectivity index (χ0v) is 17.3. The zero-order chi connectivity index (χ0) is 20.2. The first-order valence-corrected chi connectivity index (χ1v) is 11.3. The second-order valence-electron chi connectivity index (χ2n) is 6.80. The van der Waals surface area contributed by atoms with E-state index in [9.17, 15) is 8.42 Å². The molecular weight excluding hydrogens is 380 g/mol. The van der Waals surface area contributed by atoms with Gasteiger partial charge in [-0.15, -0.1) is 0 Å². The quantitative estimate of drug-likeness (QED) is 0.302. The van der Waals surface area contributed by atoms with Gasteiger partial charge in [-0.2, -0.15) is 0 Å². The second kappa shape index (κ2) is 12.0. The summed E-state index contributed by atoms with van der Waals surface area (Å²) in [4.78, 5) is 4.60. The number of primary sulfonamides is 1. The molecule has 0 unspecified atom stereocenters. The molecule has 1 fully saturated rings. The topological polar surface area (TPSA) is 115 Å². The van der Waals surface area contributed by atoms with Crippen LogP contribution in [0.4, 0.5) is 0 Å². The highest BCUT2D eigenvalue weighted by molar-refractivity contribution is 7.89. The third-order valence-electron chi connectivity index (χ3n) is 4.44. The van der Waals surface area contributed by atoms with Crippen molar-refractivity contribution in [3.8, 4) is 0 Å². The third kappa shape index (κ3) is 8.55. The molecule has 1 aromatic carbocycles. The Morgan fingerprint density at radius 3 is 2.82 bits per heavy atom. The van der Waals surface area contributed by atoms with Crippen LogP contribution in [0, 0.1) is 5.92 Å². The van der Waals surface area contributed by atoms with E-state index >= 15 is 0 Å². The SMILES string of the molecule is CCNC(=NCc1cccc(S(N)(=O)=O)c1)NCCCOCC1CCOCC1. The molecule has 1 aliphatic rings. The monoisotopic (exact) mass is 412 g/mol. The fraction of sp³-hybridized carbons (Fsp3) is 0.632. The van der Waals surface area contributed by atoms with Crippen LogP contribution in [0.1, 0.15) is 31.7 Å². The summed E-state index contributed by atoms with van der Waals surface area (Å²) in [5.41, 5.74) is 0.781. The molecule has 0 aliphatic carbocycles. The van der Waals surface area contributed by atoms with Gasteiger partial charge in [-0.1, -0.05) is 12.1 Å². The Morgan fingerprint density at radius 2 is 2.11 bits per heavy atom. The maximum absolute atomic E-state index is 11.5. The molecular formula is C19H32N4O4S. The number of nitrogens with two attached hydrogens (primary N) is 1. The number of rotatable bonds is 10. The first-order chi connectivity index (χ1) is 13.5. The predicted molar refractivity (Wildman–Crippen MR) is 110 cm³/mol. The number of hydrogen-bond donors (Lipinski definition) is 3. The van der Waals surface area contributed by atoms with Crippen LogP contribution in [-0.4, -0.2) is 53.9 Å². The van der Waals surface area contributed by atoms with Crippen molar-refractivity contribution in [2.24, 2.45) is 16.0 Å². The van der Waals surface area contributed by atoms with Gasteiger partial charge in [0.2, 0.25) is 10.0 Å². The van der Waals surface area contributed by atoms with Crippen molar-refractivity contribution in [2.45, 2.75) is 37.6 Å². The molecule has 1 aliphatic heterocycles. The minimum absolute atomic E-state index is 0.0971. The summed E-state index contributed by atoms with van der Waals surface area (Å²) in [6.07, 6.45) is 3.05. The molecule has 1 heterocycles. The number of benzene rings is 1. The van der Waals surface area contributed by atoms with Gasteiger partial charge < -0.3 is 20.1 Å². The molecule has 0 spiro atoms. The molecule has 28 heavy (non-hydrogen) atoms. The van der Waals surface area contributed by atoms with Gasteiger partial charge in [-0.25, -0.2) is 18.5 Å². The van der Waals surface area contributed by atoms with Crippen LogP contribution in [0.2, 0.25) is 0 Å². The number of nitrogens with zero attached hydrogens (tertiary/aromatic N) is 1. The normalized spacial score (nSPS) is 16.1. The van der Waals surface area contributed by atoms with Crippen molar-refractivity contribution in [3.63, 3.8) is 0 Å². The molecule has 0 atom stereocenters. The Hall–Kier alpha value is -1.68. The van der Waals surface area contributed by atoms with Crippen LogP contribution < -0.4 is 15.8 Å². The number of guanidine groups is 1. The first-order valence-electron chi connectivity index (χ1n) is 9.78. The van der Waals surface area contributed by atoms with E-state index in [0.29, 0.717) is 25.0 Å². The van der Waals surface area contributed by atoms with Crippen LogP contribution in [0.5, 0.6) is 0 Å². The molecule has 1 aromatic rings. The molecule has 1 saturated heterocycles. The summed E-state index contributed by atoms with van der Waals surface area (Å²) in [6, 6.07) is 6.52. The van der Waals surface area contributed by atoms with E-state index in [1.54, 1.807) is 12.1 Å². The van der Waals surface area contributed by atoms with Crippen LogP contribution in [0.15, 0.2) is 34.2 Å². The lowest BCUT2D eigenvalue weighted by Crippen LogP contribution is -2.38.